The van der Waals surface area contributed by atoms with Gasteiger partial charge in [-0.2, -0.15) is 0 Å². The van der Waals surface area contributed by atoms with Crippen molar-refractivity contribution in [1.29, 1.82) is 0 Å². The van der Waals surface area contributed by atoms with E-state index in [1.165, 1.54) is 6.26 Å². The molecule has 0 aliphatic carbocycles. The average Bonchev–Trinajstić information content (AvgIpc) is 3.24. The van der Waals surface area contributed by atoms with Crippen molar-refractivity contribution in [3.8, 4) is 5.75 Å². The number of hydrogen-bond donors (Lipinski definition) is 3. The molecule has 3 rings (SSSR count). The molecular weight excluding hydrogens is 470 g/mol. The van der Waals surface area contributed by atoms with Crippen molar-refractivity contribution < 1.29 is 18.7 Å². The first-order valence-corrected chi connectivity index (χ1v) is 10.2. The van der Waals surface area contributed by atoms with Crippen molar-refractivity contribution in [1.82, 2.24) is 5.32 Å². The fraction of sp³-hybridized carbons (Fsp3) is 0.0952. The summed E-state index contributed by atoms with van der Waals surface area (Å²) in [4.78, 5) is 24.7. The molecular formula is C21H18BrN3O4S. The van der Waals surface area contributed by atoms with E-state index in [2.05, 4.69) is 31.9 Å². The van der Waals surface area contributed by atoms with E-state index < -0.39 is 5.91 Å². The van der Waals surface area contributed by atoms with Crippen LogP contribution in [0.2, 0.25) is 0 Å². The molecule has 0 spiro atoms. The molecule has 7 nitrogen and oxygen atoms in total. The zero-order chi connectivity index (χ0) is 21.5. The van der Waals surface area contributed by atoms with Gasteiger partial charge in [-0.15, -0.1) is 0 Å². The first kappa shape index (κ1) is 21.5. The maximum Gasteiger partial charge on any atom is 0.291 e. The number of benzene rings is 2. The van der Waals surface area contributed by atoms with E-state index in [1.807, 2.05) is 6.92 Å². The van der Waals surface area contributed by atoms with E-state index in [-0.39, 0.29) is 16.8 Å². The summed E-state index contributed by atoms with van der Waals surface area (Å²) in [6.45, 7) is 2.27. The summed E-state index contributed by atoms with van der Waals surface area (Å²) in [6, 6.07) is 15.3. The number of furan rings is 1. The van der Waals surface area contributed by atoms with Crippen LogP contribution in [0.15, 0.2) is 69.8 Å². The minimum absolute atomic E-state index is 0.108. The number of halogens is 1. The molecule has 9 heteroatoms. The molecule has 1 heterocycles. The molecule has 2 amide bonds. The first-order valence-electron chi connectivity index (χ1n) is 8.96. The lowest BCUT2D eigenvalue weighted by molar-refractivity contribution is 0.0971. The van der Waals surface area contributed by atoms with E-state index in [1.54, 1.807) is 54.6 Å². The van der Waals surface area contributed by atoms with Crippen LogP contribution in [0.5, 0.6) is 5.75 Å². The predicted octanol–water partition coefficient (Wildman–Crippen LogP) is 4.82. The van der Waals surface area contributed by atoms with Crippen LogP contribution in [-0.2, 0) is 0 Å². The third-order valence-corrected chi connectivity index (χ3v) is 4.53. The Morgan fingerprint density at radius 1 is 1.03 bits per heavy atom. The van der Waals surface area contributed by atoms with Gasteiger partial charge in [-0.25, -0.2) is 0 Å². The molecule has 3 N–H and O–H groups in total. The molecule has 0 bridgehead atoms. The van der Waals surface area contributed by atoms with Crippen LogP contribution in [0.3, 0.4) is 0 Å². The summed E-state index contributed by atoms with van der Waals surface area (Å²) in [6.07, 6.45) is 1.43. The van der Waals surface area contributed by atoms with Gasteiger partial charge >= 0.3 is 0 Å². The minimum Gasteiger partial charge on any atom is -0.493 e. The maximum atomic E-state index is 12.6. The highest BCUT2D eigenvalue weighted by Crippen LogP contribution is 2.23. The molecule has 2 aromatic carbocycles. The van der Waals surface area contributed by atoms with Crippen LogP contribution in [-0.4, -0.2) is 23.5 Å². The van der Waals surface area contributed by atoms with E-state index in [0.29, 0.717) is 29.3 Å². The third kappa shape index (κ3) is 5.68. The van der Waals surface area contributed by atoms with Crippen LogP contribution in [0.1, 0.15) is 27.8 Å². The lowest BCUT2D eigenvalue weighted by Gasteiger charge is -2.13. The average molecular weight is 488 g/mol. The number of hydrogen-bond acceptors (Lipinski definition) is 5. The quantitative estimate of drug-likeness (QED) is 0.431. The van der Waals surface area contributed by atoms with E-state index in [4.69, 9.17) is 21.4 Å². The van der Waals surface area contributed by atoms with E-state index in [0.717, 1.165) is 4.47 Å². The highest BCUT2D eigenvalue weighted by molar-refractivity contribution is 9.10. The van der Waals surface area contributed by atoms with Crippen molar-refractivity contribution in [2.75, 3.05) is 17.2 Å². The monoisotopic (exact) mass is 487 g/mol. The Bertz CT molecular complexity index is 1070. The molecule has 0 saturated carbocycles. The second-order valence-corrected chi connectivity index (χ2v) is 7.32. The second kappa shape index (κ2) is 10.0. The van der Waals surface area contributed by atoms with Crippen LogP contribution in [0.4, 0.5) is 11.4 Å². The molecule has 0 fully saturated rings. The molecule has 0 radical (unpaired) electrons. The predicted molar refractivity (Wildman–Crippen MR) is 122 cm³/mol. The molecule has 0 unspecified atom stereocenters. The van der Waals surface area contributed by atoms with Gasteiger partial charge in [0.15, 0.2) is 10.9 Å². The van der Waals surface area contributed by atoms with Crippen molar-refractivity contribution in [2.24, 2.45) is 0 Å². The number of ether oxygens (including phenoxy) is 1. The summed E-state index contributed by atoms with van der Waals surface area (Å²) in [5.41, 5.74) is 1.49. The van der Waals surface area contributed by atoms with Crippen LogP contribution in [0, 0.1) is 0 Å². The van der Waals surface area contributed by atoms with Crippen molar-refractivity contribution >= 4 is 56.4 Å². The Balaban J connectivity index is 1.64. The first-order chi connectivity index (χ1) is 14.5. The second-order valence-electron chi connectivity index (χ2n) is 5.99. The van der Waals surface area contributed by atoms with Crippen LogP contribution < -0.4 is 20.7 Å². The molecule has 154 valence electrons. The third-order valence-electron chi connectivity index (χ3n) is 3.84. The zero-order valence-electron chi connectivity index (χ0n) is 15.9. The van der Waals surface area contributed by atoms with Crippen molar-refractivity contribution in [2.45, 2.75) is 6.92 Å². The van der Waals surface area contributed by atoms with E-state index in [9.17, 15) is 9.59 Å². The van der Waals surface area contributed by atoms with E-state index >= 15 is 0 Å². The van der Waals surface area contributed by atoms with Gasteiger partial charge < -0.3 is 19.8 Å². The lowest BCUT2D eigenvalue weighted by atomic mass is 10.2. The fourth-order valence-electron chi connectivity index (χ4n) is 2.57. The summed E-state index contributed by atoms with van der Waals surface area (Å²) in [5.74, 6) is -0.107. The Hall–Kier alpha value is -3.17. The van der Waals surface area contributed by atoms with Gasteiger partial charge in [0, 0.05) is 15.8 Å². The Morgan fingerprint density at radius 3 is 2.50 bits per heavy atom. The molecule has 3 aromatic rings. The highest BCUT2D eigenvalue weighted by Gasteiger charge is 2.15. The number of nitrogens with one attached hydrogen (secondary N) is 3. The normalized spacial score (nSPS) is 10.2. The van der Waals surface area contributed by atoms with Gasteiger partial charge in [-0.1, -0.05) is 22.0 Å². The number of thiocarbonyl (C=S) groups is 1. The molecule has 0 aliphatic heterocycles. The van der Waals surface area contributed by atoms with Crippen molar-refractivity contribution in [3.63, 3.8) is 0 Å². The van der Waals surface area contributed by atoms with Gasteiger partial charge in [0.2, 0.25) is 0 Å². The number of anilines is 2. The van der Waals surface area contributed by atoms with Crippen molar-refractivity contribution in [3.05, 3.63) is 76.7 Å². The van der Waals surface area contributed by atoms with Gasteiger partial charge in [-0.3, -0.25) is 14.9 Å². The molecule has 1 aromatic heterocycles. The summed E-state index contributed by atoms with van der Waals surface area (Å²) in [7, 11) is 0. The highest BCUT2D eigenvalue weighted by atomic mass is 79.9. The summed E-state index contributed by atoms with van der Waals surface area (Å²) < 4.78 is 11.3. The number of carbonyl (C=O) groups excluding carboxylic acids is 2. The lowest BCUT2D eigenvalue weighted by Crippen LogP contribution is -2.34. The van der Waals surface area contributed by atoms with Crippen LogP contribution in [0.25, 0.3) is 0 Å². The molecule has 0 saturated heterocycles. The number of amides is 2. The fourth-order valence-corrected chi connectivity index (χ4v) is 3.14. The number of rotatable bonds is 6. The Morgan fingerprint density at radius 2 is 1.80 bits per heavy atom. The Kier molecular flexibility index (Phi) is 7.21. The SMILES string of the molecule is CCOc1ccc(Br)cc1C(=O)NC(=S)Nc1cccc(NC(=O)c2ccco2)c1. The Labute approximate surface area is 186 Å². The molecule has 30 heavy (non-hydrogen) atoms. The number of carbonyl (C=O) groups is 2. The molecule has 0 atom stereocenters. The molecule has 0 aliphatic rings. The van der Waals surface area contributed by atoms with Gasteiger partial charge in [-0.05, 0) is 67.7 Å². The summed E-state index contributed by atoms with van der Waals surface area (Å²) >= 11 is 8.60. The smallest absolute Gasteiger partial charge is 0.291 e. The van der Waals surface area contributed by atoms with Crippen LogP contribution >= 0.6 is 28.1 Å². The topological polar surface area (TPSA) is 92.6 Å². The van der Waals surface area contributed by atoms with Gasteiger partial charge in [0.05, 0.1) is 18.4 Å². The van der Waals surface area contributed by atoms with Gasteiger partial charge in [0.1, 0.15) is 5.75 Å². The standard InChI is InChI=1S/C21H18BrN3O4S/c1-2-28-17-9-8-13(22)11-16(17)19(26)25-21(30)24-15-6-3-5-14(12-15)23-20(27)18-7-4-10-29-18/h3-12H,2H2,1H3,(H,23,27)(H2,24,25,26,30). The summed E-state index contributed by atoms with van der Waals surface area (Å²) in [5, 5.41) is 8.40. The minimum atomic E-state index is -0.403. The van der Waals surface area contributed by atoms with Gasteiger partial charge in [0.25, 0.3) is 11.8 Å². The maximum absolute atomic E-state index is 12.6. The zero-order valence-corrected chi connectivity index (χ0v) is 18.3. The largest absolute Gasteiger partial charge is 0.493 e.